The summed E-state index contributed by atoms with van der Waals surface area (Å²) in [6.07, 6.45) is 4.78. The molecule has 27 heavy (non-hydrogen) atoms. The molecule has 1 saturated heterocycles. The van der Waals surface area contributed by atoms with E-state index in [4.69, 9.17) is 0 Å². The Morgan fingerprint density at radius 2 is 2.04 bits per heavy atom. The lowest BCUT2D eigenvalue weighted by molar-refractivity contribution is -0.135. The maximum absolute atomic E-state index is 12.4. The quantitative estimate of drug-likeness (QED) is 0.781. The standard InChI is InChI=1S/C19H28N6O2/c1-3-9-20-17(26)13-23(2)18(27)14-24-11-7-15(8-12-24)19-22-21-16-6-4-5-10-25(16)19/h4-6,10,15H,3,7-9,11-14H2,1-2H3,(H,20,26). The van der Waals surface area contributed by atoms with Gasteiger partial charge in [-0.1, -0.05) is 13.0 Å². The molecule has 0 bridgehead atoms. The highest BCUT2D eigenvalue weighted by Gasteiger charge is 2.26. The number of amides is 2. The Bertz CT molecular complexity index is 781. The number of likely N-dealkylation sites (N-methyl/N-ethyl adjacent to an activating group) is 1. The number of nitrogens with zero attached hydrogens (tertiary/aromatic N) is 5. The molecule has 0 saturated carbocycles. The van der Waals surface area contributed by atoms with E-state index in [9.17, 15) is 9.59 Å². The lowest BCUT2D eigenvalue weighted by Crippen LogP contribution is -2.45. The summed E-state index contributed by atoms with van der Waals surface area (Å²) in [5.74, 6) is 1.23. The van der Waals surface area contributed by atoms with Crippen molar-refractivity contribution in [2.24, 2.45) is 0 Å². The van der Waals surface area contributed by atoms with Gasteiger partial charge in [0, 0.05) is 25.7 Å². The van der Waals surface area contributed by atoms with Crippen LogP contribution < -0.4 is 5.32 Å². The smallest absolute Gasteiger partial charge is 0.239 e. The molecule has 1 aliphatic heterocycles. The molecule has 1 N–H and O–H groups in total. The minimum atomic E-state index is -0.106. The molecule has 0 aliphatic carbocycles. The lowest BCUT2D eigenvalue weighted by atomic mass is 9.96. The second-order valence-electron chi connectivity index (χ2n) is 7.14. The lowest BCUT2D eigenvalue weighted by Gasteiger charge is -2.31. The third-order valence-corrected chi connectivity index (χ3v) is 5.03. The first kappa shape index (κ1) is 19.3. The third kappa shape index (κ3) is 4.82. The third-order valence-electron chi connectivity index (χ3n) is 5.03. The van der Waals surface area contributed by atoms with Crippen molar-refractivity contribution in [1.29, 1.82) is 0 Å². The summed E-state index contributed by atoms with van der Waals surface area (Å²) in [6, 6.07) is 5.90. The van der Waals surface area contributed by atoms with Gasteiger partial charge in [-0.05, 0) is 44.5 Å². The van der Waals surface area contributed by atoms with Crippen LogP contribution >= 0.6 is 0 Å². The van der Waals surface area contributed by atoms with E-state index in [1.165, 1.54) is 4.90 Å². The molecule has 146 valence electrons. The zero-order valence-electron chi connectivity index (χ0n) is 16.1. The number of likely N-dealkylation sites (tertiary alicyclic amines) is 1. The minimum Gasteiger partial charge on any atom is -0.355 e. The summed E-state index contributed by atoms with van der Waals surface area (Å²) < 4.78 is 2.05. The largest absolute Gasteiger partial charge is 0.355 e. The molecule has 8 nitrogen and oxygen atoms in total. The summed E-state index contributed by atoms with van der Waals surface area (Å²) in [5.41, 5.74) is 0.869. The van der Waals surface area contributed by atoms with E-state index < -0.39 is 0 Å². The molecule has 2 aromatic rings. The predicted molar refractivity (Wildman–Crippen MR) is 102 cm³/mol. The van der Waals surface area contributed by atoms with Crippen LogP contribution in [0, 0.1) is 0 Å². The Balaban J connectivity index is 1.48. The zero-order valence-corrected chi connectivity index (χ0v) is 16.1. The van der Waals surface area contributed by atoms with Crippen LogP contribution in [0.3, 0.4) is 0 Å². The number of carbonyl (C=O) groups excluding carboxylic acids is 2. The average molecular weight is 372 g/mol. The maximum Gasteiger partial charge on any atom is 0.239 e. The Labute approximate surface area is 159 Å². The van der Waals surface area contributed by atoms with Gasteiger partial charge in [-0.2, -0.15) is 0 Å². The van der Waals surface area contributed by atoms with Gasteiger partial charge < -0.3 is 10.2 Å². The predicted octanol–water partition coefficient (Wildman–Crippen LogP) is 0.893. The number of carbonyl (C=O) groups is 2. The summed E-state index contributed by atoms with van der Waals surface area (Å²) in [4.78, 5) is 27.8. The van der Waals surface area contributed by atoms with Crippen LogP contribution in [-0.4, -0.2) is 76.0 Å². The Morgan fingerprint density at radius 3 is 2.78 bits per heavy atom. The highest BCUT2D eigenvalue weighted by atomic mass is 16.2. The second-order valence-corrected chi connectivity index (χ2v) is 7.14. The van der Waals surface area contributed by atoms with Crippen molar-refractivity contribution in [3.05, 3.63) is 30.2 Å². The summed E-state index contributed by atoms with van der Waals surface area (Å²) in [7, 11) is 1.68. The Hall–Kier alpha value is -2.48. The van der Waals surface area contributed by atoms with E-state index in [1.54, 1.807) is 7.05 Å². The number of nitrogens with one attached hydrogen (secondary N) is 1. The molecule has 2 aromatic heterocycles. The number of rotatable bonds is 7. The zero-order chi connectivity index (χ0) is 19.2. The van der Waals surface area contributed by atoms with Crippen LogP contribution in [0.15, 0.2) is 24.4 Å². The van der Waals surface area contributed by atoms with E-state index >= 15 is 0 Å². The van der Waals surface area contributed by atoms with Gasteiger partial charge in [0.15, 0.2) is 5.65 Å². The average Bonchev–Trinajstić information content (AvgIpc) is 3.11. The number of hydrogen-bond acceptors (Lipinski definition) is 5. The van der Waals surface area contributed by atoms with E-state index in [0.29, 0.717) is 19.0 Å². The highest BCUT2D eigenvalue weighted by molar-refractivity contribution is 5.85. The van der Waals surface area contributed by atoms with Crippen molar-refractivity contribution < 1.29 is 9.59 Å². The van der Waals surface area contributed by atoms with Gasteiger partial charge in [0.25, 0.3) is 0 Å². The summed E-state index contributed by atoms with van der Waals surface area (Å²) >= 11 is 0. The number of fused-ring (bicyclic) bond motifs is 1. The van der Waals surface area contributed by atoms with Crippen molar-refractivity contribution >= 4 is 17.5 Å². The first-order valence-corrected chi connectivity index (χ1v) is 9.61. The van der Waals surface area contributed by atoms with Crippen molar-refractivity contribution in [2.45, 2.75) is 32.1 Å². The Morgan fingerprint density at radius 1 is 1.26 bits per heavy atom. The first-order chi connectivity index (χ1) is 13.1. The van der Waals surface area contributed by atoms with Gasteiger partial charge in [0.05, 0.1) is 13.1 Å². The van der Waals surface area contributed by atoms with Gasteiger partial charge in [0.1, 0.15) is 5.82 Å². The molecule has 2 amide bonds. The fourth-order valence-corrected chi connectivity index (χ4v) is 3.42. The van der Waals surface area contributed by atoms with Gasteiger partial charge in [-0.15, -0.1) is 10.2 Å². The normalized spacial score (nSPS) is 15.8. The molecular formula is C19H28N6O2. The van der Waals surface area contributed by atoms with Crippen LogP contribution in [-0.2, 0) is 9.59 Å². The van der Waals surface area contributed by atoms with Gasteiger partial charge in [0.2, 0.25) is 11.8 Å². The van der Waals surface area contributed by atoms with E-state index in [2.05, 4.69) is 20.4 Å². The molecule has 0 atom stereocenters. The maximum atomic E-state index is 12.4. The van der Waals surface area contributed by atoms with E-state index in [-0.39, 0.29) is 18.4 Å². The van der Waals surface area contributed by atoms with E-state index in [1.807, 2.05) is 35.7 Å². The minimum absolute atomic E-state index is 0.0203. The van der Waals surface area contributed by atoms with Crippen LogP contribution in [0.1, 0.15) is 37.9 Å². The monoisotopic (exact) mass is 372 g/mol. The van der Waals surface area contributed by atoms with Crippen molar-refractivity contribution in [3.8, 4) is 0 Å². The van der Waals surface area contributed by atoms with Crippen molar-refractivity contribution in [1.82, 2.24) is 29.7 Å². The Kier molecular flexibility index (Phi) is 6.39. The molecule has 0 unspecified atom stereocenters. The highest BCUT2D eigenvalue weighted by Crippen LogP contribution is 2.26. The number of piperidine rings is 1. The molecule has 0 spiro atoms. The van der Waals surface area contributed by atoms with Gasteiger partial charge >= 0.3 is 0 Å². The summed E-state index contributed by atoms with van der Waals surface area (Å²) in [6.45, 7) is 4.79. The number of pyridine rings is 1. The fourth-order valence-electron chi connectivity index (χ4n) is 3.42. The molecular weight excluding hydrogens is 344 g/mol. The second kappa shape index (κ2) is 8.94. The van der Waals surface area contributed by atoms with E-state index in [0.717, 1.165) is 43.8 Å². The van der Waals surface area contributed by atoms with Crippen LogP contribution in [0.25, 0.3) is 5.65 Å². The topological polar surface area (TPSA) is 82.8 Å². The molecule has 3 rings (SSSR count). The fraction of sp³-hybridized carbons (Fsp3) is 0.579. The van der Waals surface area contributed by atoms with Crippen LogP contribution in [0.2, 0.25) is 0 Å². The number of hydrogen-bond donors (Lipinski definition) is 1. The van der Waals surface area contributed by atoms with Crippen LogP contribution in [0.5, 0.6) is 0 Å². The molecule has 8 heteroatoms. The van der Waals surface area contributed by atoms with Crippen molar-refractivity contribution in [3.63, 3.8) is 0 Å². The molecule has 3 heterocycles. The molecule has 0 radical (unpaired) electrons. The first-order valence-electron chi connectivity index (χ1n) is 9.61. The number of aromatic nitrogens is 3. The van der Waals surface area contributed by atoms with Gasteiger partial charge in [-0.25, -0.2) is 0 Å². The summed E-state index contributed by atoms with van der Waals surface area (Å²) in [5, 5.41) is 11.4. The van der Waals surface area contributed by atoms with Crippen LogP contribution in [0.4, 0.5) is 0 Å². The van der Waals surface area contributed by atoms with Crippen molar-refractivity contribution in [2.75, 3.05) is 39.8 Å². The molecule has 1 fully saturated rings. The SMILES string of the molecule is CCCNC(=O)CN(C)C(=O)CN1CCC(c2nnc3ccccn23)CC1. The molecule has 0 aromatic carbocycles. The van der Waals surface area contributed by atoms with Gasteiger partial charge in [-0.3, -0.25) is 18.9 Å². The molecule has 1 aliphatic rings.